The van der Waals surface area contributed by atoms with E-state index in [0.717, 1.165) is 45.8 Å². The zero-order valence-corrected chi connectivity index (χ0v) is 11.9. The minimum absolute atomic E-state index is 0.0518. The summed E-state index contributed by atoms with van der Waals surface area (Å²) in [6.45, 7) is 9.10. The molecule has 0 bridgehead atoms. The summed E-state index contributed by atoms with van der Waals surface area (Å²) < 4.78 is 12.0. The predicted octanol–water partition coefficient (Wildman–Crippen LogP) is 1.21. The lowest BCUT2D eigenvalue weighted by molar-refractivity contribution is -0.183. The Morgan fingerprint density at radius 1 is 1.17 bits per heavy atom. The van der Waals surface area contributed by atoms with Crippen molar-refractivity contribution in [2.24, 2.45) is 5.41 Å². The van der Waals surface area contributed by atoms with Gasteiger partial charge in [0.25, 0.3) is 0 Å². The summed E-state index contributed by atoms with van der Waals surface area (Å²) in [6, 6.07) is 0. The van der Waals surface area contributed by atoms with Gasteiger partial charge < -0.3 is 9.47 Å². The molecule has 3 aliphatic rings. The monoisotopic (exact) mass is 254 g/mol. The molecule has 0 aromatic rings. The maximum atomic E-state index is 6.29. The van der Waals surface area contributed by atoms with Crippen LogP contribution in [0.1, 0.15) is 33.1 Å². The number of hydrogen-bond acceptors (Lipinski definition) is 4. The van der Waals surface area contributed by atoms with Crippen molar-refractivity contribution >= 4 is 0 Å². The molecule has 2 unspecified atom stereocenters. The van der Waals surface area contributed by atoms with Gasteiger partial charge in [-0.05, 0) is 31.7 Å². The summed E-state index contributed by atoms with van der Waals surface area (Å²) in [5.41, 5.74) is 0.399. The molecule has 2 atom stereocenters. The van der Waals surface area contributed by atoms with E-state index < -0.39 is 0 Å². The molecular weight excluding hydrogens is 228 g/mol. The topological polar surface area (TPSA) is 33.7 Å². The lowest BCUT2D eigenvalue weighted by Gasteiger charge is -2.52. The Bertz CT molecular complexity index is 322. The van der Waals surface area contributed by atoms with Gasteiger partial charge >= 0.3 is 0 Å². The second-order valence-electron chi connectivity index (χ2n) is 7.18. The van der Waals surface area contributed by atoms with Crippen molar-refractivity contribution in [1.29, 1.82) is 0 Å². The van der Waals surface area contributed by atoms with Crippen molar-refractivity contribution in [3.63, 3.8) is 0 Å². The third-order valence-electron chi connectivity index (χ3n) is 5.08. The van der Waals surface area contributed by atoms with Gasteiger partial charge in [0.15, 0.2) is 0 Å². The van der Waals surface area contributed by atoms with E-state index in [-0.39, 0.29) is 11.3 Å². The summed E-state index contributed by atoms with van der Waals surface area (Å²) in [5.74, 6) is 0. The molecule has 3 rings (SSSR count). The molecule has 2 saturated heterocycles. The van der Waals surface area contributed by atoms with Crippen LogP contribution in [-0.2, 0) is 9.47 Å². The molecule has 0 radical (unpaired) electrons. The lowest BCUT2D eigenvalue weighted by atomic mass is 9.89. The number of nitrogens with zero attached hydrogens (tertiary/aromatic N) is 1. The van der Waals surface area contributed by atoms with Gasteiger partial charge in [-0.2, -0.15) is 0 Å². The van der Waals surface area contributed by atoms with Gasteiger partial charge in [0.2, 0.25) is 0 Å². The largest absolute Gasteiger partial charge is 0.378 e. The first kappa shape index (κ1) is 12.9. The normalized spacial score (nSPS) is 44.8. The van der Waals surface area contributed by atoms with Crippen molar-refractivity contribution < 1.29 is 9.47 Å². The van der Waals surface area contributed by atoms with Crippen LogP contribution < -0.4 is 5.32 Å². The first-order chi connectivity index (χ1) is 8.46. The molecular formula is C14H26N2O2. The number of likely N-dealkylation sites (N-methyl/N-ethyl adjacent to an activating group) is 1. The fraction of sp³-hybridized carbons (Fsp3) is 1.00. The zero-order valence-electron chi connectivity index (χ0n) is 11.9. The van der Waals surface area contributed by atoms with Gasteiger partial charge in [0.05, 0.1) is 25.4 Å². The second-order valence-corrected chi connectivity index (χ2v) is 7.18. The number of nitrogens with one attached hydrogen (secondary N) is 1. The van der Waals surface area contributed by atoms with Crippen molar-refractivity contribution in [2.45, 2.75) is 44.4 Å². The summed E-state index contributed by atoms with van der Waals surface area (Å²) in [7, 11) is 2.18. The van der Waals surface area contributed by atoms with Crippen LogP contribution in [-0.4, -0.2) is 56.1 Å². The molecule has 1 N–H and O–H groups in total. The van der Waals surface area contributed by atoms with E-state index in [0.29, 0.717) is 5.41 Å². The van der Waals surface area contributed by atoms with E-state index >= 15 is 0 Å². The summed E-state index contributed by atoms with van der Waals surface area (Å²) in [5, 5.41) is 3.70. The van der Waals surface area contributed by atoms with Crippen LogP contribution in [0.4, 0.5) is 0 Å². The number of rotatable bonds is 0. The fourth-order valence-electron chi connectivity index (χ4n) is 3.61. The molecule has 3 fully saturated rings. The Morgan fingerprint density at radius 3 is 2.56 bits per heavy atom. The standard InChI is InChI=1S/C14H26N2O2/c1-12(2)4-5-14(8-12)15-9-13(11-18-14)10-17-7-6-16(13)3/h15H,4-11H2,1-3H3. The van der Waals surface area contributed by atoms with Crippen LogP contribution in [0.2, 0.25) is 0 Å². The SMILES string of the molecule is CN1CCOCC12CNC1(CCC(C)(C)C1)OC2. The van der Waals surface area contributed by atoms with Crippen LogP contribution in [0.3, 0.4) is 0 Å². The van der Waals surface area contributed by atoms with Gasteiger partial charge in [-0.15, -0.1) is 0 Å². The zero-order chi connectivity index (χ0) is 12.9. The molecule has 0 aromatic carbocycles. The molecule has 4 nitrogen and oxygen atoms in total. The van der Waals surface area contributed by atoms with Crippen LogP contribution in [0.15, 0.2) is 0 Å². The van der Waals surface area contributed by atoms with Gasteiger partial charge in [-0.25, -0.2) is 0 Å². The van der Waals surface area contributed by atoms with E-state index in [1.54, 1.807) is 0 Å². The van der Waals surface area contributed by atoms with Crippen LogP contribution >= 0.6 is 0 Å². The minimum atomic E-state index is -0.0625. The van der Waals surface area contributed by atoms with E-state index in [2.05, 4.69) is 31.1 Å². The van der Waals surface area contributed by atoms with Crippen molar-refractivity contribution in [1.82, 2.24) is 10.2 Å². The molecule has 0 amide bonds. The van der Waals surface area contributed by atoms with Crippen molar-refractivity contribution in [3.05, 3.63) is 0 Å². The fourth-order valence-corrected chi connectivity index (χ4v) is 3.61. The van der Waals surface area contributed by atoms with Gasteiger partial charge in [-0.3, -0.25) is 10.2 Å². The van der Waals surface area contributed by atoms with Crippen LogP contribution in [0.25, 0.3) is 0 Å². The molecule has 0 aromatic heterocycles. The second kappa shape index (κ2) is 4.17. The predicted molar refractivity (Wildman–Crippen MR) is 70.5 cm³/mol. The maximum Gasteiger partial charge on any atom is 0.119 e. The highest BCUT2D eigenvalue weighted by atomic mass is 16.5. The number of morpholine rings is 1. The Labute approximate surface area is 110 Å². The molecule has 1 saturated carbocycles. The maximum absolute atomic E-state index is 6.29. The molecule has 4 heteroatoms. The third-order valence-corrected chi connectivity index (χ3v) is 5.08. The Kier molecular flexibility index (Phi) is 2.98. The molecule has 2 aliphatic heterocycles. The van der Waals surface area contributed by atoms with Crippen molar-refractivity contribution in [3.8, 4) is 0 Å². The highest BCUT2D eigenvalue weighted by Gasteiger charge is 2.51. The van der Waals surface area contributed by atoms with E-state index in [1.165, 1.54) is 6.42 Å². The third kappa shape index (κ3) is 2.09. The van der Waals surface area contributed by atoms with Crippen LogP contribution in [0.5, 0.6) is 0 Å². The molecule has 2 heterocycles. The average Bonchev–Trinajstić information content (AvgIpc) is 2.63. The Hall–Kier alpha value is -0.160. The lowest BCUT2D eigenvalue weighted by Crippen LogP contribution is -2.70. The summed E-state index contributed by atoms with van der Waals surface area (Å²) >= 11 is 0. The highest BCUT2D eigenvalue weighted by molar-refractivity contribution is 5.03. The smallest absolute Gasteiger partial charge is 0.119 e. The minimum Gasteiger partial charge on any atom is -0.378 e. The first-order valence-electron chi connectivity index (χ1n) is 7.14. The van der Waals surface area contributed by atoms with E-state index in [9.17, 15) is 0 Å². The molecule has 18 heavy (non-hydrogen) atoms. The van der Waals surface area contributed by atoms with E-state index in [1.807, 2.05) is 0 Å². The van der Waals surface area contributed by atoms with Crippen LogP contribution in [0, 0.1) is 5.41 Å². The number of hydrogen-bond donors (Lipinski definition) is 1. The van der Waals surface area contributed by atoms with Gasteiger partial charge in [0.1, 0.15) is 5.72 Å². The first-order valence-corrected chi connectivity index (χ1v) is 7.14. The molecule has 2 spiro atoms. The van der Waals surface area contributed by atoms with Gasteiger partial charge in [0, 0.05) is 13.1 Å². The molecule has 104 valence electrons. The highest BCUT2D eigenvalue weighted by Crippen LogP contribution is 2.46. The quantitative estimate of drug-likeness (QED) is 0.704. The summed E-state index contributed by atoms with van der Waals surface area (Å²) in [6.07, 6.45) is 3.51. The Balaban J connectivity index is 1.68. The van der Waals surface area contributed by atoms with E-state index in [4.69, 9.17) is 9.47 Å². The average molecular weight is 254 g/mol. The van der Waals surface area contributed by atoms with Crippen molar-refractivity contribution in [2.75, 3.05) is 40.0 Å². The molecule has 1 aliphatic carbocycles. The summed E-state index contributed by atoms with van der Waals surface area (Å²) in [4.78, 5) is 2.40. The number of ether oxygens (including phenoxy) is 2. The van der Waals surface area contributed by atoms with Gasteiger partial charge in [-0.1, -0.05) is 13.8 Å². The Morgan fingerprint density at radius 2 is 2.00 bits per heavy atom.